The van der Waals surface area contributed by atoms with Crippen molar-refractivity contribution in [1.82, 2.24) is 4.90 Å². The molecule has 2 saturated heterocycles. The Labute approximate surface area is 224 Å². The van der Waals surface area contributed by atoms with Gasteiger partial charge in [-0.15, -0.1) is 0 Å². The van der Waals surface area contributed by atoms with Crippen LogP contribution in [0.2, 0.25) is 0 Å². The summed E-state index contributed by atoms with van der Waals surface area (Å²) in [5.74, 6) is -2.78. The summed E-state index contributed by atoms with van der Waals surface area (Å²) in [6, 6.07) is 4.25. The Kier molecular flexibility index (Phi) is 6.76. The second-order valence-electron chi connectivity index (χ2n) is 11.5. The normalized spacial score (nSPS) is 33.1. The summed E-state index contributed by atoms with van der Waals surface area (Å²) in [4.78, 5) is 45.8. The summed E-state index contributed by atoms with van der Waals surface area (Å²) in [6.45, 7) is 10.0. The van der Waals surface area contributed by atoms with Gasteiger partial charge in [0, 0.05) is 12.2 Å². The number of anilines is 1. The number of ether oxygens (including phenoxy) is 2. The number of rotatable bonds is 6. The minimum Gasteiger partial charge on any atom is -0.461 e. The van der Waals surface area contributed by atoms with Gasteiger partial charge in [0.05, 0.1) is 18.6 Å². The highest BCUT2D eigenvalue weighted by Crippen LogP contribution is 2.59. The van der Waals surface area contributed by atoms with Gasteiger partial charge in [0.1, 0.15) is 29.8 Å². The molecule has 6 atom stereocenters. The van der Waals surface area contributed by atoms with E-state index in [-0.39, 0.29) is 30.9 Å². The lowest BCUT2D eigenvalue weighted by molar-refractivity contribution is -0.159. The molecule has 8 heteroatoms. The number of amides is 2. The van der Waals surface area contributed by atoms with E-state index in [0.29, 0.717) is 19.4 Å². The lowest BCUT2D eigenvalue weighted by atomic mass is 9.73. The third kappa shape index (κ3) is 3.75. The maximum atomic E-state index is 14.7. The van der Waals surface area contributed by atoms with Crippen LogP contribution in [-0.2, 0) is 23.9 Å². The Balaban J connectivity index is 1.72. The number of hydrogen-bond acceptors (Lipinski definition) is 6. The second-order valence-corrected chi connectivity index (χ2v) is 11.5. The van der Waals surface area contributed by atoms with Crippen molar-refractivity contribution in [3.63, 3.8) is 0 Å². The molecular weight excluding hydrogens is 484 g/mol. The van der Waals surface area contributed by atoms with Crippen LogP contribution >= 0.6 is 0 Å². The topological polar surface area (TPSA) is 96.4 Å². The van der Waals surface area contributed by atoms with Gasteiger partial charge < -0.3 is 24.4 Å². The van der Waals surface area contributed by atoms with Gasteiger partial charge in [-0.05, 0) is 49.8 Å². The third-order valence-corrected chi connectivity index (χ3v) is 8.69. The Bertz CT molecular complexity index is 1190. The van der Waals surface area contributed by atoms with E-state index < -0.39 is 41.1 Å². The number of benzene rings is 1. The van der Waals surface area contributed by atoms with E-state index in [9.17, 15) is 19.5 Å². The molecule has 0 aromatic heterocycles. The van der Waals surface area contributed by atoms with E-state index >= 15 is 0 Å². The van der Waals surface area contributed by atoms with E-state index in [4.69, 9.17) is 9.47 Å². The zero-order chi connectivity index (χ0) is 27.4. The molecule has 4 heterocycles. The number of carbonyl (C=O) groups excluding carboxylic acids is 3. The second kappa shape index (κ2) is 9.65. The number of para-hydroxylation sites is 1. The molecule has 1 aromatic carbocycles. The minimum absolute atomic E-state index is 0.114. The molecule has 1 unspecified atom stereocenters. The Hall–Kier alpha value is -2.97. The van der Waals surface area contributed by atoms with Crippen LogP contribution in [0.1, 0.15) is 44.7 Å². The SMILES string of the molecule is CC[C@@]12C=CCOC(=O)[C@@H]1[C@H]1C(=O)N([C@@H](CO)CC(C)C)C3C(=O)N(c4c(C)cccc4C)CC=C[C@@]31O2. The quantitative estimate of drug-likeness (QED) is 0.456. The molecule has 2 amide bonds. The van der Waals surface area contributed by atoms with Crippen molar-refractivity contribution >= 4 is 23.5 Å². The number of aliphatic hydroxyl groups is 1. The lowest BCUT2D eigenvalue weighted by Gasteiger charge is -2.41. The van der Waals surface area contributed by atoms with Crippen LogP contribution < -0.4 is 4.90 Å². The van der Waals surface area contributed by atoms with Gasteiger partial charge in [0.25, 0.3) is 5.91 Å². The number of cyclic esters (lactones) is 1. The largest absolute Gasteiger partial charge is 0.461 e. The first-order valence-corrected chi connectivity index (χ1v) is 13.6. The molecule has 1 aromatic rings. The van der Waals surface area contributed by atoms with Crippen molar-refractivity contribution in [3.05, 3.63) is 53.6 Å². The first-order valence-electron chi connectivity index (χ1n) is 13.6. The van der Waals surface area contributed by atoms with E-state index in [1.807, 2.05) is 71.0 Å². The first kappa shape index (κ1) is 26.6. The van der Waals surface area contributed by atoms with Crippen LogP contribution in [-0.4, -0.2) is 70.8 Å². The van der Waals surface area contributed by atoms with Crippen molar-refractivity contribution in [2.24, 2.45) is 17.8 Å². The first-order chi connectivity index (χ1) is 18.1. The number of likely N-dealkylation sites (tertiary alicyclic amines) is 1. The van der Waals surface area contributed by atoms with Crippen molar-refractivity contribution in [2.75, 3.05) is 24.7 Å². The molecule has 0 saturated carbocycles. The molecule has 8 nitrogen and oxygen atoms in total. The number of aryl methyl sites for hydroxylation is 2. The summed E-state index contributed by atoms with van der Waals surface area (Å²) in [7, 11) is 0. The maximum absolute atomic E-state index is 14.7. The molecule has 0 bridgehead atoms. The monoisotopic (exact) mass is 522 g/mol. The molecule has 0 aliphatic carbocycles. The zero-order valence-electron chi connectivity index (χ0n) is 22.8. The smallest absolute Gasteiger partial charge is 0.313 e. The summed E-state index contributed by atoms with van der Waals surface area (Å²) in [6.07, 6.45) is 8.27. The fourth-order valence-electron chi connectivity index (χ4n) is 7.18. The van der Waals surface area contributed by atoms with Crippen LogP contribution in [0.3, 0.4) is 0 Å². The molecule has 204 valence electrons. The van der Waals surface area contributed by atoms with Crippen molar-refractivity contribution in [1.29, 1.82) is 0 Å². The maximum Gasteiger partial charge on any atom is 0.313 e. The number of nitrogens with zero attached hydrogens (tertiary/aromatic N) is 2. The van der Waals surface area contributed by atoms with Gasteiger partial charge in [-0.25, -0.2) is 0 Å². The molecule has 4 aliphatic rings. The molecule has 1 N–H and O–H groups in total. The highest BCUT2D eigenvalue weighted by molar-refractivity contribution is 6.06. The van der Waals surface area contributed by atoms with Crippen molar-refractivity contribution in [2.45, 2.75) is 70.7 Å². The third-order valence-electron chi connectivity index (χ3n) is 8.69. The van der Waals surface area contributed by atoms with Gasteiger partial charge in [0.2, 0.25) is 5.91 Å². The van der Waals surface area contributed by atoms with E-state index in [1.165, 1.54) is 4.90 Å². The fraction of sp³-hybridized carbons (Fsp3) is 0.567. The summed E-state index contributed by atoms with van der Waals surface area (Å²) in [5, 5.41) is 10.5. The summed E-state index contributed by atoms with van der Waals surface area (Å²) < 4.78 is 12.4. The molecular formula is C30H38N2O6. The Morgan fingerprint density at radius 1 is 1.05 bits per heavy atom. The van der Waals surface area contributed by atoms with E-state index in [1.54, 1.807) is 11.0 Å². The molecule has 38 heavy (non-hydrogen) atoms. The average Bonchev–Trinajstić information content (AvgIpc) is 3.16. The van der Waals surface area contributed by atoms with Crippen LogP contribution in [0.15, 0.2) is 42.5 Å². The molecule has 0 radical (unpaired) electrons. The van der Waals surface area contributed by atoms with Crippen molar-refractivity contribution < 1.29 is 29.0 Å². The molecule has 5 rings (SSSR count). The Morgan fingerprint density at radius 2 is 1.76 bits per heavy atom. The zero-order valence-corrected chi connectivity index (χ0v) is 22.8. The average molecular weight is 523 g/mol. The molecule has 1 spiro atoms. The lowest BCUT2D eigenvalue weighted by Crippen LogP contribution is -2.59. The van der Waals surface area contributed by atoms with Gasteiger partial charge >= 0.3 is 5.97 Å². The van der Waals surface area contributed by atoms with Gasteiger partial charge in [-0.2, -0.15) is 0 Å². The number of aliphatic hydroxyl groups excluding tert-OH is 1. The highest BCUT2D eigenvalue weighted by Gasteiger charge is 2.76. The van der Waals surface area contributed by atoms with Gasteiger partial charge in [-0.1, -0.05) is 57.2 Å². The molecule has 2 fully saturated rings. The summed E-state index contributed by atoms with van der Waals surface area (Å²) in [5.41, 5.74) is 0.264. The van der Waals surface area contributed by atoms with Crippen LogP contribution in [0, 0.1) is 31.6 Å². The van der Waals surface area contributed by atoms with Crippen molar-refractivity contribution in [3.8, 4) is 0 Å². The minimum atomic E-state index is -1.37. The number of hydrogen-bond donors (Lipinski definition) is 1. The number of carbonyl (C=O) groups is 3. The predicted molar refractivity (Wildman–Crippen MR) is 142 cm³/mol. The molecule has 4 aliphatic heterocycles. The van der Waals surface area contributed by atoms with Gasteiger partial charge in [-0.3, -0.25) is 14.4 Å². The van der Waals surface area contributed by atoms with Crippen LogP contribution in [0.5, 0.6) is 0 Å². The fourth-order valence-corrected chi connectivity index (χ4v) is 7.18. The predicted octanol–water partition coefficient (Wildman–Crippen LogP) is 3.09. The van der Waals surface area contributed by atoms with Crippen LogP contribution in [0.25, 0.3) is 0 Å². The summed E-state index contributed by atoms with van der Waals surface area (Å²) >= 11 is 0. The standard InChI is InChI=1S/C30H38N2O6/c1-6-29-12-9-15-37-28(36)23(29)22-26(34)32(21(17-33)16-18(2)3)25-27(35)31(14-8-13-30(22,25)38-29)24-19(4)10-7-11-20(24)5/h7-13,18,21-23,25,33H,6,14-17H2,1-5H3/t21-,22+,23+,25?,29-,30+/m1/s1. The van der Waals surface area contributed by atoms with Gasteiger partial charge in [0.15, 0.2) is 0 Å². The number of fused-ring (bicyclic) bond motifs is 2. The number of esters is 1. The van der Waals surface area contributed by atoms with E-state index in [2.05, 4.69) is 0 Å². The van der Waals surface area contributed by atoms with Crippen LogP contribution in [0.4, 0.5) is 5.69 Å². The Morgan fingerprint density at radius 3 is 2.39 bits per heavy atom. The highest BCUT2D eigenvalue weighted by atomic mass is 16.6. The van der Waals surface area contributed by atoms with E-state index in [0.717, 1.165) is 16.8 Å².